The predicted molar refractivity (Wildman–Crippen MR) is 155 cm³/mol. The minimum Gasteiger partial charge on any atom is -0.495 e. The number of aromatic nitrogens is 2. The summed E-state index contributed by atoms with van der Waals surface area (Å²) in [5.74, 6) is 0.508. The average molecular weight is 543 g/mol. The Balaban J connectivity index is 1.76. The number of methoxy groups -OCH3 is 1. The number of fused-ring (bicyclic) bond motifs is 1. The molecule has 0 saturated heterocycles. The molecule has 0 aliphatic rings. The Hall–Kier alpha value is -4.66. The first-order valence-corrected chi connectivity index (χ1v) is 13.4. The Morgan fingerprint density at radius 1 is 1.00 bits per heavy atom. The van der Waals surface area contributed by atoms with Gasteiger partial charge in [0.2, 0.25) is 0 Å². The number of carbonyl (C=O) groups is 2. The lowest BCUT2D eigenvalue weighted by Crippen LogP contribution is -2.40. The molecule has 0 aliphatic carbocycles. The number of hydrogen-bond acceptors (Lipinski definition) is 6. The molecule has 0 radical (unpaired) electrons. The van der Waals surface area contributed by atoms with Gasteiger partial charge in [-0.3, -0.25) is 9.36 Å². The number of nitrogens with zero attached hydrogens (tertiary/aromatic N) is 3. The third-order valence-corrected chi connectivity index (χ3v) is 6.63. The van der Waals surface area contributed by atoms with Crippen LogP contribution in [0.15, 0.2) is 77.6 Å². The molecule has 0 fully saturated rings. The van der Waals surface area contributed by atoms with E-state index in [0.717, 1.165) is 12.8 Å². The van der Waals surface area contributed by atoms with Crippen LogP contribution in [0.2, 0.25) is 0 Å². The molecular formula is C31H34N4O5. The number of anilines is 1. The fourth-order valence-electron chi connectivity index (χ4n) is 4.52. The van der Waals surface area contributed by atoms with Crippen LogP contribution in [-0.2, 0) is 4.74 Å². The van der Waals surface area contributed by atoms with Crippen LogP contribution in [0.25, 0.3) is 16.6 Å². The first-order chi connectivity index (χ1) is 19.4. The Morgan fingerprint density at radius 2 is 1.70 bits per heavy atom. The molecule has 1 atom stereocenters. The van der Waals surface area contributed by atoms with Crippen LogP contribution in [0.4, 0.5) is 10.5 Å². The Morgan fingerprint density at radius 3 is 2.40 bits per heavy atom. The number of amides is 2. The molecule has 0 saturated carbocycles. The summed E-state index contributed by atoms with van der Waals surface area (Å²) in [5, 5.41) is 3.40. The highest BCUT2D eigenvalue weighted by Gasteiger charge is 2.27. The Bertz CT molecular complexity index is 1550. The molecule has 40 heavy (non-hydrogen) atoms. The van der Waals surface area contributed by atoms with E-state index in [1.807, 2.05) is 32.0 Å². The van der Waals surface area contributed by atoms with Gasteiger partial charge < -0.3 is 19.7 Å². The number of unbranched alkanes of at least 4 members (excludes halogenated alkanes) is 1. The number of urea groups is 1. The van der Waals surface area contributed by atoms with Crippen LogP contribution in [0, 0.1) is 0 Å². The minimum atomic E-state index is -0.576. The second kappa shape index (κ2) is 12.9. The standard InChI is InChI=1S/C31H34N4O5/c1-5-7-20-34(31(38)32-23-18-16-22(17-19-23)30(37)40-6-2)21(3)28-33-25-13-9-8-12-24(25)29(36)35(28)26-14-10-11-15-27(26)39-4/h8-19,21H,5-7,20H2,1-4H3,(H,32,38). The fraction of sp³-hybridized carbons (Fsp3) is 0.290. The van der Waals surface area contributed by atoms with E-state index < -0.39 is 12.0 Å². The van der Waals surface area contributed by atoms with Crippen molar-refractivity contribution in [1.29, 1.82) is 0 Å². The summed E-state index contributed by atoms with van der Waals surface area (Å²) in [6.07, 6.45) is 1.63. The molecule has 0 bridgehead atoms. The summed E-state index contributed by atoms with van der Waals surface area (Å²) in [6, 6.07) is 20.0. The van der Waals surface area contributed by atoms with Gasteiger partial charge in [-0.15, -0.1) is 0 Å². The fourth-order valence-corrected chi connectivity index (χ4v) is 4.52. The molecule has 4 aromatic rings. The van der Waals surface area contributed by atoms with Crippen LogP contribution in [0.5, 0.6) is 5.75 Å². The molecule has 1 N–H and O–H groups in total. The third-order valence-electron chi connectivity index (χ3n) is 6.63. The van der Waals surface area contributed by atoms with Gasteiger partial charge in [0.1, 0.15) is 11.6 Å². The molecular weight excluding hydrogens is 508 g/mol. The molecule has 4 rings (SSSR count). The minimum absolute atomic E-state index is 0.248. The molecule has 2 amide bonds. The van der Waals surface area contributed by atoms with E-state index in [-0.39, 0.29) is 18.2 Å². The summed E-state index contributed by atoms with van der Waals surface area (Å²) in [6.45, 7) is 6.38. The summed E-state index contributed by atoms with van der Waals surface area (Å²) >= 11 is 0. The lowest BCUT2D eigenvalue weighted by molar-refractivity contribution is 0.0526. The highest BCUT2D eigenvalue weighted by atomic mass is 16.5. The quantitative estimate of drug-likeness (QED) is 0.248. The predicted octanol–water partition coefficient (Wildman–Crippen LogP) is 5.97. The van der Waals surface area contributed by atoms with Crippen molar-refractivity contribution in [3.8, 4) is 11.4 Å². The Labute approximate surface area is 233 Å². The van der Waals surface area contributed by atoms with Crippen molar-refractivity contribution in [2.75, 3.05) is 25.6 Å². The van der Waals surface area contributed by atoms with E-state index in [0.29, 0.717) is 46.0 Å². The maximum absolute atomic E-state index is 13.9. The van der Waals surface area contributed by atoms with Crippen LogP contribution < -0.4 is 15.6 Å². The van der Waals surface area contributed by atoms with Gasteiger partial charge in [0.05, 0.1) is 41.9 Å². The topological polar surface area (TPSA) is 103 Å². The molecule has 9 heteroatoms. The summed E-state index contributed by atoms with van der Waals surface area (Å²) in [7, 11) is 1.55. The van der Waals surface area contributed by atoms with Crippen LogP contribution in [0.3, 0.4) is 0 Å². The van der Waals surface area contributed by atoms with Crippen LogP contribution in [-0.4, -0.2) is 46.7 Å². The zero-order chi connectivity index (χ0) is 28.6. The maximum Gasteiger partial charge on any atom is 0.338 e. The van der Waals surface area contributed by atoms with Gasteiger partial charge >= 0.3 is 12.0 Å². The number of nitrogens with one attached hydrogen (secondary N) is 1. The zero-order valence-corrected chi connectivity index (χ0v) is 23.2. The first-order valence-electron chi connectivity index (χ1n) is 13.4. The van der Waals surface area contributed by atoms with E-state index in [4.69, 9.17) is 14.5 Å². The molecule has 3 aromatic carbocycles. The Kier molecular flexibility index (Phi) is 9.16. The summed E-state index contributed by atoms with van der Waals surface area (Å²) in [4.78, 5) is 46.1. The van der Waals surface area contributed by atoms with Gasteiger partial charge in [0.15, 0.2) is 0 Å². The monoisotopic (exact) mass is 542 g/mol. The van der Waals surface area contributed by atoms with Crippen molar-refractivity contribution < 1.29 is 19.1 Å². The summed E-state index contributed by atoms with van der Waals surface area (Å²) < 4.78 is 12.2. The lowest BCUT2D eigenvalue weighted by atomic mass is 10.1. The lowest BCUT2D eigenvalue weighted by Gasteiger charge is -2.31. The molecule has 208 valence electrons. The molecule has 1 unspecified atom stereocenters. The van der Waals surface area contributed by atoms with Gasteiger partial charge in [-0.05, 0) is 68.8 Å². The van der Waals surface area contributed by atoms with Crippen molar-refractivity contribution in [3.63, 3.8) is 0 Å². The second-order valence-electron chi connectivity index (χ2n) is 9.25. The molecule has 1 aromatic heterocycles. The van der Waals surface area contributed by atoms with E-state index in [2.05, 4.69) is 5.32 Å². The van der Waals surface area contributed by atoms with Crippen molar-refractivity contribution >= 4 is 28.6 Å². The van der Waals surface area contributed by atoms with Crippen molar-refractivity contribution in [1.82, 2.24) is 14.5 Å². The number of rotatable bonds is 10. The van der Waals surface area contributed by atoms with Crippen molar-refractivity contribution in [3.05, 3.63) is 94.5 Å². The zero-order valence-electron chi connectivity index (χ0n) is 23.2. The van der Waals surface area contributed by atoms with Gasteiger partial charge in [-0.2, -0.15) is 0 Å². The van der Waals surface area contributed by atoms with E-state index in [1.165, 1.54) is 4.57 Å². The van der Waals surface area contributed by atoms with Crippen molar-refractivity contribution in [2.45, 2.75) is 39.7 Å². The summed E-state index contributed by atoms with van der Waals surface area (Å²) in [5.41, 5.74) is 1.77. The number of para-hydroxylation sites is 3. The number of benzene rings is 3. The molecule has 9 nitrogen and oxygen atoms in total. The van der Waals surface area contributed by atoms with E-state index >= 15 is 0 Å². The van der Waals surface area contributed by atoms with E-state index in [1.54, 1.807) is 73.5 Å². The van der Waals surface area contributed by atoms with Crippen LogP contribution >= 0.6 is 0 Å². The number of ether oxygens (including phenoxy) is 2. The normalized spacial score (nSPS) is 11.6. The van der Waals surface area contributed by atoms with Crippen LogP contribution in [0.1, 0.15) is 55.8 Å². The second-order valence-corrected chi connectivity index (χ2v) is 9.25. The number of hydrogen-bond donors (Lipinski definition) is 1. The average Bonchev–Trinajstić information content (AvgIpc) is 2.97. The van der Waals surface area contributed by atoms with Crippen molar-refractivity contribution in [2.24, 2.45) is 0 Å². The van der Waals surface area contributed by atoms with Gasteiger partial charge in [-0.1, -0.05) is 37.6 Å². The SMILES string of the molecule is CCCCN(C(=O)Nc1ccc(C(=O)OCC)cc1)C(C)c1nc2ccccc2c(=O)n1-c1ccccc1OC. The maximum atomic E-state index is 13.9. The van der Waals surface area contributed by atoms with Gasteiger partial charge in [0, 0.05) is 12.2 Å². The van der Waals surface area contributed by atoms with E-state index in [9.17, 15) is 14.4 Å². The molecule has 0 spiro atoms. The van der Waals surface area contributed by atoms with Gasteiger partial charge in [0.25, 0.3) is 5.56 Å². The first kappa shape index (κ1) is 28.4. The smallest absolute Gasteiger partial charge is 0.338 e. The number of esters is 1. The third kappa shape index (κ3) is 5.98. The molecule has 1 heterocycles. The number of carbonyl (C=O) groups excluding carboxylic acids is 2. The van der Waals surface area contributed by atoms with Gasteiger partial charge in [-0.25, -0.2) is 14.6 Å². The highest BCUT2D eigenvalue weighted by Crippen LogP contribution is 2.28. The highest BCUT2D eigenvalue weighted by molar-refractivity contribution is 5.92. The largest absolute Gasteiger partial charge is 0.495 e. The molecule has 0 aliphatic heterocycles.